The van der Waals surface area contributed by atoms with Crippen LogP contribution in [0.3, 0.4) is 0 Å². The molecule has 0 spiro atoms. The average molecular weight is 319 g/mol. The van der Waals surface area contributed by atoms with E-state index in [9.17, 15) is 4.79 Å². The molecule has 0 unspecified atom stereocenters. The molecule has 0 saturated carbocycles. The first-order valence-corrected chi connectivity index (χ1v) is 6.16. The Hall–Kier alpha value is -0.810. The van der Waals surface area contributed by atoms with E-state index < -0.39 is 0 Å². The molecule has 0 aliphatic carbocycles. The molecule has 18 heavy (non-hydrogen) atoms. The van der Waals surface area contributed by atoms with E-state index in [1.807, 2.05) is 19.1 Å². The molecule has 1 amide bonds. The normalized spacial score (nSPS) is 17.5. The number of ether oxygens (including phenoxy) is 1. The Bertz CT molecular complexity index is 275. The predicted octanol–water partition coefficient (Wildman–Crippen LogP) is -1.35. The smallest absolute Gasteiger partial charge is 0.410 e. The van der Waals surface area contributed by atoms with E-state index in [4.69, 9.17) is 4.74 Å². The van der Waals surface area contributed by atoms with Crippen LogP contribution in [0.15, 0.2) is 25.3 Å². The zero-order valence-electron chi connectivity index (χ0n) is 11.1. The first-order chi connectivity index (χ1) is 8.17. The molecule has 1 saturated heterocycles. The molecule has 1 aliphatic rings. The highest BCUT2D eigenvalue weighted by Crippen LogP contribution is 2.14. The van der Waals surface area contributed by atoms with Gasteiger partial charge in [0.25, 0.3) is 0 Å². The van der Waals surface area contributed by atoms with Gasteiger partial charge in [-0.25, -0.2) is 4.79 Å². The average Bonchev–Trinajstić information content (AvgIpc) is 2.31. The van der Waals surface area contributed by atoms with Crippen LogP contribution in [0.2, 0.25) is 0 Å². The standard InChI is InChI=1S/C13H23N2O2.BrH/c1-4-9-15(10-5-2)11-7-14(8-12-15)13(16)17-6-3;/h4-5H,1-2,6-12H2,3H3;1H/q+1;/p-1. The second-order valence-corrected chi connectivity index (χ2v) is 4.42. The minimum Gasteiger partial charge on any atom is -1.00 e. The Morgan fingerprint density at radius 3 is 2.17 bits per heavy atom. The largest absolute Gasteiger partial charge is 1.00 e. The van der Waals surface area contributed by atoms with Gasteiger partial charge in [0.05, 0.1) is 45.9 Å². The zero-order chi connectivity index (χ0) is 12.7. The molecular weight excluding hydrogens is 296 g/mol. The topological polar surface area (TPSA) is 29.5 Å². The van der Waals surface area contributed by atoms with Crippen LogP contribution < -0.4 is 17.0 Å². The van der Waals surface area contributed by atoms with Crippen LogP contribution in [0.1, 0.15) is 6.92 Å². The minimum atomic E-state index is -0.192. The van der Waals surface area contributed by atoms with E-state index >= 15 is 0 Å². The van der Waals surface area contributed by atoms with Crippen molar-refractivity contribution in [3.63, 3.8) is 0 Å². The van der Waals surface area contributed by atoms with Gasteiger partial charge in [-0.2, -0.15) is 0 Å². The summed E-state index contributed by atoms with van der Waals surface area (Å²) in [6.07, 6.45) is 3.70. The van der Waals surface area contributed by atoms with Crippen LogP contribution in [0, 0.1) is 0 Å². The number of hydrogen-bond donors (Lipinski definition) is 0. The van der Waals surface area contributed by atoms with Crippen molar-refractivity contribution in [3.05, 3.63) is 25.3 Å². The monoisotopic (exact) mass is 318 g/mol. The first kappa shape index (κ1) is 17.2. The van der Waals surface area contributed by atoms with E-state index in [0.717, 1.165) is 43.8 Å². The van der Waals surface area contributed by atoms with Crippen molar-refractivity contribution < 1.29 is 31.0 Å². The fraction of sp³-hybridized carbons (Fsp3) is 0.615. The van der Waals surface area contributed by atoms with Crippen molar-refractivity contribution in [1.29, 1.82) is 0 Å². The van der Waals surface area contributed by atoms with Gasteiger partial charge < -0.3 is 26.2 Å². The van der Waals surface area contributed by atoms with Crippen LogP contribution in [-0.2, 0) is 4.74 Å². The second-order valence-electron chi connectivity index (χ2n) is 4.42. The number of halogens is 1. The molecule has 4 nitrogen and oxygen atoms in total. The molecule has 0 aromatic rings. The molecule has 0 aromatic heterocycles. The van der Waals surface area contributed by atoms with Crippen molar-refractivity contribution >= 4 is 6.09 Å². The maximum absolute atomic E-state index is 11.6. The lowest BCUT2D eigenvalue weighted by molar-refractivity contribution is -0.920. The Kier molecular flexibility index (Phi) is 7.95. The van der Waals surface area contributed by atoms with E-state index in [1.165, 1.54) is 0 Å². The van der Waals surface area contributed by atoms with Gasteiger partial charge in [-0.05, 0) is 19.1 Å². The Morgan fingerprint density at radius 2 is 1.78 bits per heavy atom. The summed E-state index contributed by atoms with van der Waals surface area (Å²) in [6.45, 7) is 15.1. The van der Waals surface area contributed by atoms with Crippen LogP contribution in [-0.4, -0.2) is 61.4 Å². The third-order valence-electron chi connectivity index (χ3n) is 3.25. The highest BCUT2D eigenvalue weighted by Gasteiger charge is 2.32. The summed E-state index contributed by atoms with van der Waals surface area (Å²) in [5.74, 6) is 0. The van der Waals surface area contributed by atoms with Crippen LogP contribution in [0.4, 0.5) is 4.79 Å². The van der Waals surface area contributed by atoms with Gasteiger partial charge in [-0.1, -0.05) is 13.2 Å². The molecule has 1 rings (SSSR count). The van der Waals surface area contributed by atoms with Gasteiger partial charge in [-0.3, -0.25) is 4.90 Å². The summed E-state index contributed by atoms with van der Waals surface area (Å²) in [5.41, 5.74) is 0. The number of rotatable bonds is 5. The van der Waals surface area contributed by atoms with Gasteiger partial charge in [0, 0.05) is 0 Å². The first-order valence-electron chi connectivity index (χ1n) is 6.16. The summed E-state index contributed by atoms with van der Waals surface area (Å²) in [6, 6.07) is 0. The SMILES string of the molecule is C=CC[N+]1(CC=C)CCN(C(=O)OCC)CC1.[Br-]. The number of hydrogen-bond acceptors (Lipinski definition) is 2. The van der Waals surface area contributed by atoms with Crippen molar-refractivity contribution in [1.82, 2.24) is 4.90 Å². The summed E-state index contributed by atoms with van der Waals surface area (Å²) in [4.78, 5) is 13.4. The minimum absolute atomic E-state index is 0. The highest BCUT2D eigenvalue weighted by atomic mass is 79.9. The van der Waals surface area contributed by atoms with Gasteiger partial charge in [0.15, 0.2) is 0 Å². The van der Waals surface area contributed by atoms with E-state index in [2.05, 4.69) is 13.2 Å². The molecule has 0 radical (unpaired) electrons. The van der Waals surface area contributed by atoms with E-state index in [-0.39, 0.29) is 23.1 Å². The number of amides is 1. The van der Waals surface area contributed by atoms with Crippen molar-refractivity contribution in [2.75, 3.05) is 45.9 Å². The molecule has 0 N–H and O–H groups in total. The van der Waals surface area contributed by atoms with Gasteiger partial charge in [-0.15, -0.1) is 0 Å². The second kappa shape index (κ2) is 8.32. The van der Waals surface area contributed by atoms with Crippen LogP contribution in [0.5, 0.6) is 0 Å². The molecule has 0 atom stereocenters. The predicted molar refractivity (Wildman–Crippen MR) is 68.7 cm³/mol. The number of nitrogens with zero attached hydrogens (tertiary/aromatic N) is 2. The molecule has 0 aromatic carbocycles. The van der Waals surface area contributed by atoms with Gasteiger partial charge >= 0.3 is 6.09 Å². The summed E-state index contributed by atoms with van der Waals surface area (Å²) in [5, 5.41) is 0. The Labute approximate surface area is 120 Å². The Balaban J connectivity index is 0.00000289. The maximum Gasteiger partial charge on any atom is 0.410 e. The third-order valence-corrected chi connectivity index (χ3v) is 3.25. The molecular formula is C13H23BrN2O2. The van der Waals surface area contributed by atoms with E-state index in [0.29, 0.717) is 6.61 Å². The van der Waals surface area contributed by atoms with E-state index in [1.54, 1.807) is 4.90 Å². The maximum atomic E-state index is 11.6. The summed E-state index contributed by atoms with van der Waals surface area (Å²) < 4.78 is 5.96. The molecule has 0 bridgehead atoms. The van der Waals surface area contributed by atoms with Crippen LogP contribution >= 0.6 is 0 Å². The highest BCUT2D eigenvalue weighted by molar-refractivity contribution is 5.67. The third kappa shape index (κ3) is 4.46. The van der Waals surface area contributed by atoms with Crippen molar-refractivity contribution in [2.24, 2.45) is 0 Å². The summed E-state index contributed by atoms with van der Waals surface area (Å²) in [7, 11) is 0. The van der Waals surface area contributed by atoms with Crippen molar-refractivity contribution in [2.45, 2.75) is 6.92 Å². The van der Waals surface area contributed by atoms with Crippen molar-refractivity contribution in [3.8, 4) is 0 Å². The molecule has 1 fully saturated rings. The lowest BCUT2D eigenvalue weighted by atomic mass is 10.2. The number of quaternary nitrogens is 1. The lowest BCUT2D eigenvalue weighted by Crippen LogP contribution is -3.00. The van der Waals surface area contributed by atoms with Gasteiger partial charge in [0.1, 0.15) is 0 Å². The molecule has 104 valence electrons. The molecule has 1 heterocycles. The number of carbonyl (C=O) groups excluding carboxylic acids is 1. The number of carbonyl (C=O) groups is 1. The fourth-order valence-corrected chi connectivity index (χ4v) is 2.27. The Morgan fingerprint density at radius 1 is 1.28 bits per heavy atom. The fourth-order valence-electron chi connectivity index (χ4n) is 2.27. The quantitative estimate of drug-likeness (QED) is 0.463. The van der Waals surface area contributed by atoms with Crippen LogP contribution in [0.25, 0.3) is 0 Å². The lowest BCUT2D eigenvalue weighted by Gasteiger charge is -2.43. The summed E-state index contributed by atoms with van der Waals surface area (Å²) >= 11 is 0. The molecule has 1 aliphatic heterocycles. The number of piperazine rings is 1. The van der Waals surface area contributed by atoms with Gasteiger partial charge in [0.2, 0.25) is 0 Å². The zero-order valence-corrected chi connectivity index (χ0v) is 12.7. The molecule has 5 heteroatoms.